The maximum atomic E-state index is 12.6. The fourth-order valence-corrected chi connectivity index (χ4v) is 3.27. The second-order valence-corrected chi connectivity index (χ2v) is 6.17. The van der Waals surface area contributed by atoms with Crippen molar-refractivity contribution in [3.63, 3.8) is 0 Å². The van der Waals surface area contributed by atoms with Crippen LogP contribution in [-0.4, -0.2) is 58.6 Å². The summed E-state index contributed by atoms with van der Waals surface area (Å²) in [7, 11) is 0. The van der Waals surface area contributed by atoms with E-state index in [1.165, 1.54) is 0 Å². The molecule has 0 saturated carbocycles. The predicted molar refractivity (Wildman–Crippen MR) is 81.4 cm³/mol. The molecule has 2 aliphatic rings. The van der Waals surface area contributed by atoms with Crippen molar-refractivity contribution in [2.75, 3.05) is 19.8 Å². The molecule has 0 aliphatic carbocycles. The van der Waals surface area contributed by atoms with Gasteiger partial charge in [0.05, 0.1) is 25.3 Å². The van der Waals surface area contributed by atoms with E-state index in [1.54, 1.807) is 6.20 Å². The highest BCUT2D eigenvalue weighted by atomic mass is 16.5. The molecular formula is C16H25N3O3. The lowest BCUT2D eigenvalue weighted by Gasteiger charge is -2.28. The maximum Gasteiger partial charge on any atom is 0.251 e. The van der Waals surface area contributed by atoms with E-state index in [-0.39, 0.29) is 18.1 Å². The molecule has 122 valence electrons. The quantitative estimate of drug-likeness (QED) is 0.798. The summed E-state index contributed by atoms with van der Waals surface area (Å²) in [4.78, 5) is 14.6. The number of rotatable bonds is 6. The summed E-state index contributed by atoms with van der Waals surface area (Å²) in [5.41, 5.74) is 0. The highest BCUT2D eigenvalue weighted by Crippen LogP contribution is 2.21. The van der Waals surface area contributed by atoms with Crippen LogP contribution in [0, 0.1) is 0 Å². The third-order valence-electron chi connectivity index (χ3n) is 4.52. The van der Waals surface area contributed by atoms with Crippen molar-refractivity contribution in [1.82, 2.24) is 14.7 Å². The number of hydrogen-bond acceptors (Lipinski definition) is 4. The first kappa shape index (κ1) is 15.5. The fraction of sp³-hybridized carbons (Fsp3) is 0.750. The molecule has 1 amide bonds. The van der Waals surface area contributed by atoms with Gasteiger partial charge in [0.1, 0.15) is 6.10 Å². The molecule has 2 aliphatic heterocycles. The molecule has 0 aromatic carbocycles. The summed E-state index contributed by atoms with van der Waals surface area (Å²) < 4.78 is 13.2. The number of hydrogen-bond donors (Lipinski definition) is 0. The van der Waals surface area contributed by atoms with Crippen LogP contribution < -0.4 is 0 Å². The van der Waals surface area contributed by atoms with Crippen molar-refractivity contribution >= 4 is 5.91 Å². The number of carbonyl (C=O) groups is 1. The van der Waals surface area contributed by atoms with Gasteiger partial charge < -0.3 is 14.4 Å². The largest absolute Gasteiger partial charge is 0.376 e. The number of ether oxygens (including phenoxy) is 2. The minimum Gasteiger partial charge on any atom is -0.376 e. The highest BCUT2D eigenvalue weighted by molar-refractivity contribution is 5.81. The van der Waals surface area contributed by atoms with Gasteiger partial charge in [0.2, 0.25) is 0 Å². The van der Waals surface area contributed by atoms with Crippen LogP contribution >= 0.6 is 0 Å². The molecule has 3 heterocycles. The predicted octanol–water partition coefficient (Wildman–Crippen LogP) is 1.46. The van der Waals surface area contributed by atoms with Crippen molar-refractivity contribution < 1.29 is 14.3 Å². The van der Waals surface area contributed by atoms with E-state index >= 15 is 0 Å². The molecule has 6 nitrogen and oxygen atoms in total. The van der Waals surface area contributed by atoms with E-state index in [0.717, 1.165) is 45.4 Å². The molecule has 1 aromatic heterocycles. The van der Waals surface area contributed by atoms with Crippen LogP contribution in [0.25, 0.3) is 0 Å². The lowest BCUT2D eigenvalue weighted by molar-refractivity contribution is -0.145. The summed E-state index contributed by atoms with van der Waals surface area (Å²) >= 11 is 0. The Morgan fingerprint density at radius 1 is 1.45 bits per heavy atom. The van der Waals surface area contributed by atoms with Crippen molar-refractivity contribution in [2.24, 2.45) is 0 Å². The molecule has 0 radical (unpaired) electrons. The highest BCUT2D eigenvalue weighted by Gasteiger charge is 2.32. The summed E-state index contributed by atoms with van der Waals surface area (Å²) in [6.45, 7) is 4.76. The molecule has 0 bridgehead atoms. The Kier molecular flexibility index (Phi) is 5.10. The van der Waals surface area contributed by atoms with E-state index in [9.17, 15) is 4.79 Å². The van der Waals surface area contributed by atoms with E-state index in [4.69, 9.17) is 9.47 Å². The molecule has 22 heavy (non-hydrogen) atoms. The van der Waals surface area contributed by atoms with Crippen LogP contribution in [0.2, 0.25) is 0 Å². The zero-order valence-corrected chi connectivity index (χ0v) is 13.2. The van der Waals surface area contributed by atoms with E-state index < -0.39 is 6.10 Å². The Hall–Kier alpha value is -1.40. The normalized spacial score (nSPS) is 26.5. The molecule has 3 unspecified atom stereocenters. The van der Waals surface area contributed by atoms with Crippen LogP contribution in [-0.2, 0) is 20.8 Å². The molecule has 6 heteroatoms. The molecule has 0 spiro atoms. The Balaban J connectivity index is 1.50. The molecule has 3 rings (SSSR count). The molecule has 1 aromatic rings. The van der Waals surface area contributed by atoms with Gasteiger partial charge >= 0.3 is 0 Å². The van der Waals surface area contributed by atoms with Crippen LogP contribution in [0.3, 0.4) is 0 Å². The van der Waals surface area contributed by atoms with Gasteiger partial charge in [-0.1, -0.05) is 0 Å². The monoisotopic (exact) mass is 307 g/mol. The SMILES string of the molecule is CC(OCC1CCCO1)C(=O)N1CCCC1Cn1cccn1. The first-order valence-corrected chi connectivity index (χ1v) is 8.25. The summed E-state index contributed by atoms with van der Waals surface area (Å²) in [6.07, 6.45) is 7.68. The molecule has 0 N–H and O–H groups in total. The smallest absolute Gasteiger partial charge is 0.251 e. The van der Waals surface area contributed by atoms with Crippen LogP contribution in [0.1, 0.15) is 32.6 Å². The molecule has 3 atom stereocenters. The van der Waals surface area contributed by atoms with E-state index in [2.05, 4.69) is 5.10 Å². The van der Waals surface area contributed by atoms with Gasteiger partial charge in [-0.15, -0.1) is 0 Å². The number of aromatic nitrogens is 2. The zero-order chi connectivity index (χ0) is 15.4. The standard InChI is InChI=1S/C16H25N3O3/c1-13(22-12-15-6-3-10-21-15)16(20)19-9-2-5-14(19)11-18-8-4-7-17-18/h4,7-8,13-15H,2-3,5-6,9-12H2,1H3. The topological polar surface area (TPSA) is 56.6 Å². The Labute approximate surface area is 131 Å². The number of carbonyl (C=O) groups excluding carboxylic acids is 1. The van der Waals surface area contributed by atoms with Gasteiger partial charge in [0, 0.05) is 25.5 Å². The van der Waals surface area contributed by atoms with Crippen LogP contribution in [0.4, 0.5) is 0 Å². The number of likely N-dealkylation sites (tertiary alicyclic amines) is 1. The Bertz CT molecular complexity index is 471. The summed E-state index contributed by atoms with van der Waals surface area (Å²) in [6, 6.07) is 2.13. The van der Waals surface area contributed by atoms with Gasteiger partial charge in [-0.3, -0.25) is 9.48 Å². The molecule has 2 saturated heterocycles. The van der Waals surface area contributed by atoms with Crippen molar-refractivity contribution in [1.29, 1.82) is 0 Å². The number of amides is 1. The zero-order valence-electron chi connectivity index (χ0n) is 13.2. The first-order chi connectivity index (χ1) is 10.7. The second kappa shape index (κ2) is 7.24. The number of nitrogens with zero attached hydrogens (tertiary/aromatic N) is 3. The van der Waals surface area contributed by atoms with Crippen molar-refractivity contribution in [3.8, 4) is 0 Å². The minimum absolute atomic E-state index is 0.0904. The lowest BCUT2D eigenvalue weighted by Crippen LogP contribution is -2.44. The van der Waals surface area contributed by atoms with E-state index in [0.29, 0.717) is 6.61 Å². The average molecular weight is 307 g/mol. The van der Waals surface area contributed by atoms with Crippen LogP contribution in [0.15, 0.2) is 18.5 Å². The van der Waals surface area contributed by atoms with Gasteiger partial charge in [-0.05, 0) is 38.7 Å². The Morgan fingerprint density at radius 2 is 2.36 bits per heavy atom. The summed E-state index contributed by atoms with van der Waals surface area (Å²) in [5.74, 6) is 0.0904. The van der Waals surface area contributed by atoms with Gasteiger partial charge in [0.15, 0.2) is 0 Å². The first-order valence-electron chi connectivity index (χ1n) is 8.25. The molecule has 2 fully saturated rings. The van der Waals surface area contributed by atoms with Crippen molar-refractivity contribution in [2.45, 2.75) is 57.4 Å². The van der Waals surface area contributed by atoms with Gasteiger partial charge in [-0.25, -0.2) is 0 Å². The fourth-order valence-electron chi connectivity index (χ4n) is 3.27. The summed E-state index contributed by atoms with van der Waals surface area (Å²) in [5, 5.41) is 4.24. The second-order valence-electron chi connectivity index (χ2n) is 6.17. The molecular weight excluding hydrogens is 282 g/mol. The average Bonchev–Trinajstić information content (AvgIpc) is 3.27. The van der Waals surface area contributed by atoms with Gasteiger partial charge in [0.25, 0.3) is 5.91 Å². The Morgan fingerprint density at radius 3 is 3.09 bits per heavy atom. The maximum absolute atomic E-state index is 12.6. The lowest BCUT2D eigenvalue weighted by atomic mass is 10.2. The van der Waals surface area contributed by atoms with Gasteiger partial charge in [-0.2, -0.15) is 5.10 Å². The van der Waals surface area contributed by atoms with E-state index in [1.807, 2.05) is 28.8 Å². The van der Waals surface area contributed by atoms with Crippen LogP contribution in [0.5, 0.6) is 0 Å². The third-order valence-corrected chi connectivity index (χ3v) is 4.52. The van der Waals surface area contributed by atoms with Crippen molar-refractivity contribution in [3.05, 3.63) is 18.5 Å². The third kappa shape index (κ3) is 3.67. The minimum atomic E-state index is -0.401.